The van der Waals surface area contributed by atoms with Gasteiger partial charge in [0, 0.05) is 12.1 Å². The first-order valence-electron chi connectivity index (χ1n) is 12.7. The monoisotopic (exact) mass is 522 g/mol. The molecule has 0 radical (unpaired) electrons. The van der Waals surface area contributed by atoms with Crippen molar-refractivity contribution in [2.24, 2.45) is 0 Å². The van der Waals surface area contributed by atoms with Crippen molar-refractivity contribution in [1.82, 2.24) is 5.32 Å². The summed E-state index contributed by atoms with van der Waals surface area (Å²) in [6, 6.07) is 34.8. The van der Waals surface area contributed by atoms with Gasteiger partial charge in [-0.25, -0.2) is 9.59 Å². The molecule has 0 aliphatic carbocycles. The molecule has 7 nitrogen and oxygen atoms in total. The molecule has 0 fully saturated rings. The van der Waals surface area contributed by atoms with Crippen LogP contribution in [0.3, 0.4) is 0 Å². The topological polar surface area (TPSA) is 93.7 Å². The van der Waals surface area contributed by atoms with Crippen molar-refractivity contribution in [3.05, 3.63) is 126 Å². The van der Waals surface area contributed by atoms with Crippen LogP contribution < -0.4 is 10.6 Å². The van der Waals surface area contributed by atoms with E-state index in [1.54, 1.807) is 0 Å². The minimum Gasteiger partial charge on any atom is -0.459 e. The van der Waals surface area contributed by atoms with E-state index in [1.807, 2.05) is 115 Å². The van der Waals surface area contributed by atoms with E-state index in [2.05, 4.69) is 10.6 Å². The van der Waals surface area contributed by atoms with Gasteiger partial charge in [0.15, 0.2) is 0 Å². The normalized spacial score (nSPS) is 11.2. The van der Waals surface area contributed by atoms with Crippen LogP contribution in [0.5, 0.6) is 0 Å². The quantitative estimate of drug-likeness (QED) is 0.232. The third-order valence-electron chi connectivity index (χ3n) is 5.95. The third-order valence-corrected chi connectivity index (χ3v) is 5.95. The Bertz CT molecular complexity index is 1340. The van der Waals surface area contributed by atoms with Gasteiger partial charge in [-0.05, 0) is 40.8 Å². The number of amides is 2. The highest BCUT2D eigenvalue weighted by Gasteiger charge is 2.24. The van der Waals surface area contributed by atoms with Crippen LogP contribution in [0.4, 0.5) is 10.5 Å². The molecule has 0 aromatic heterocycles. The molecule has 0 bridgehead atoms. The van der Waals surface area contributed by atoms with Gasteiger partial charge in [0.2, 0.25) is 5.91 Å². The molecular weight excluding hydrogens is 492 g/mol. The summed E-state index contributed by atoms with van der Waals surface area (Å²) in [7, 11) is 0. The Hall–Kier alpha value is -4.91. The average Bonchev–Trinajstić information content (AvgIpc) is 2.99. The minimum absolute atomic E-state index is 0.00942. The minimum atomic E-state index is -1.05. The SMILES string of the molecule is O=C(CC[C@H](NC(=O)OCc1ccccc1)C(=O)OCc1ccccc1)Nc1ccc(-c2ccccc2)cc1. The Labute approximate surface area is 227 Å². The van der Waals surface area contributed by atoms with Gasteiger partial charge in [0.05, 0.1) is 0 Å². The maximum absolute atomic E-state index is 12.8. The number of hydrogen-bond donors (Lipinski definition) is 2. The lowest BCUT2D eigenvalue weighted by Gasteiger charge is -2.18. The van der Waals surface area contributed by atoms with E-state index in [-0.39, 0.29) is 32.0 Å². The molecule has 198 valence electrons. The van der Waals surface area contributed by atoms with E-state index >= 15 is 0 Å². The number of alkyl carbamates (subject to hydrolysis) is 1. The fourth-order valence-electron chi connectivity index (χ4n) is 3.86. The number of esters is 1. The number of rotatable bonds is 11. The first kappa shape index (κ1) is 27.1. The van der Waals surface area contributed by atoms with Crippen molar-refractivity contribution >= 4 is 23.7 Å². The summed E-state index contributed by atoms with van der Waals surface area (Å²) in [5.41, 5.74) is 4.38. The molecule has 2 amide bonds. The van der Waals surface area contributed by atoms with Crippen molar-refractivity contribution in [3.8, 4) is 11.1 Å². The van der Waals surface area contributed by atoms with Gasteiger partial charge >= 0.3 is 12.1 Å². The van der Waals surface area contributed by atoms with Crippen molar-refractivity contribution in [1.29, 1.82) is 0 Å². The predicted molar refractivity (Wildman–Crippen MR) is 150 cm³/mol. The molecule has 7 heteroatoms. The van der Waals surface area contributed by atoms with Crippen LogP contribution in [-0.2, 0) is 32.3 Å². The van der Waals surface area contributed by atoms with Gasteiger partial charge in [0.25, 0.3) is 0 Å². The molecular formula is C32H30N2O5. The van der Waals surface area contributed by atoms with E-state index in [4.69, 9.17) is 9.47 Å². The van der Waals surface area contributed by atoms with E-state index in [0.717, 1.165) is 22.3 Å². The zero-order valence-electron chi connectivity index (χ0n) is 21.4. The number of anilines is 1. The Morgan fingerprint density at radius 1 is 0.615 bits per heavy atom. The third kappa shape index (κ3) is 8.86. The number of benzene rings is 4. The van der Waals surface area contributed by atoms with Crippen molar-refractivity contribution in [2.75, 3.05) is 5.32 Å². The van der Waals surface area contributed by atoms with Crippen LogP contribution in [0.25, 0.3) is 11.1 Å². The van der Waals surface area contributed by atoms with Crippen LogP contribution in [0.2, 0.25) is 0 Å². The molecule has 4 aromatic carbocycles. The number of carbonyl (C=O) groups excluding carboxylic acids is 3. The summed E-state index contributed by atoms with van der Waals surface area (Å²) in [6.07, 6.45) is -0.732. The summed E-state index contributed by atoms with van der Waals surface area (Å²) >= 11 is 0. The van der Waals surface area contributed by atoms with Gasteiger partial charge in [-0.3, -0.25) is 4.79 Å². The lowest BCUT2D eigenvalue weighted by Crippen LogP contribution is -2.42. The number of carbonyl (C=O) groups is 3. The molecule has 0 saturated carbocycles. The Kier molecular flexibility index (Phi) is 9.84. The van der Waals surface area contributed by atoms with Crippen LogP contribution in [-0.4, -0.2) is 24.0 Å². The fraction of sp³-hybridized carbons (Fsp3) is 0.156. The van der Waals surface area contributed by atoms with E-state index < -0.39 is 18.1 Å². The summed E-state index contributed by atoms with van der Waals surface area (Å²) in [4.78, 5) is 38.0. The number of nitrogens with one attached hydrogen (secondary N) is 2. The lowest BCUT2D eigenvalue weighted by atomic mass is 10.1. The van der Waals surface area contributed by atoms with Gasteiger partial charge in [-0.1, -0.05) is 103 Å². The Morgan fingerprint density at radius 2 is 1.13 bits per heavy atom. The Balaban J connectivity index is 1.32. The highest BCUT2D eigenvalue weighted by atomic mass is 16.6. The standard InChI is InChI=1S/C32H30N2O5/c35-30(33-28-18-16-27(17-19-28)26-14-8-3-9-15-26)21-20-29(31(36)38-22-24-10-4-1-5-11-24)34-32(37)39-23-25-12-6-2-7-13-25/h1-19,29H,20-23H2,(H,33,35)(H,34,37)/t29-/m0/s1. The molecule has 0 aliphatic rings. The largest absolute Gasteiger partial charge is 0.459 e. The van der Waals surface area contributed by atoms with E-state index in [0.29, 0.717) is 5.69 Å². The molecule has 0 spiro atoms. The van der Waals surface area contributed by atoms with Crippen LogP contribution in [0.15, 0.2) is 115 Å². The molecule has 0 unspecified atom stereocenters. The maximum atomic E-state index is 12.8. The second-order valence-electron chi connectivity index (χ2n) is 8.88. The molecule has 2 N–H and O–H groups in total. The second kappa shape index (κ2) is 14.1. The first-order chi connectivity index (χ1) is 19.1. The molecule has 0 saturated heterocycles. The van der Waals surface area contributed by atoms with Crippen molar-refractivity contribution in [2.45, 2.75) is 32.1 Å². The Morgan fingerprint density at radius 3 is 1.72 bits per heavy atom. The first-order valence-corrected chi connectivity index (χ1v) is 12.7. The maximum Gasteiger partial charge on any atom is 0.408 e. The highest BCUT2D eigenvalue weighted by Crippen LogP contribution is 2.21. The smallest absolute Gasteiger partial charge is 0.408 e. The van der Waals surface area contributed by atoms with Crippen LogP contribution in [0, 0.1) is 0 Å². The zero-order chi connectivity index (χ0) is 27.3. The van der Waals surface area contributed by atoms with Gasteiger partial charge < -0.3 is 20.1 Å². The van der Waals surface area contributed by atoms with Crippen LogP contribution >= 0.6 is 0 Å². The predicted octanol–water partition coefficient (Wildman–Crippen LogP) is 6.11. The molecule has 0 aliphatic heterocycles. The summed E-state index contributed by atoms with van der Waals surface area (Å²) in [5, 5.41) is 5.39. The number of hydrogen-bond acceptors (Lipinski definition) is 5. The van der Waals surface area contributed by atoms with Crippen molar-refractivity contribution < 1.29 is 23.9 Å². The van der Waals surface area contributed by atoms with E-state index in [1.165, 1.54) is 0 Å². The fourth-order valence-corrected chi connectivity index (χ4v) is 3.86. The molecule has 4 aromatic rings. The molecule has 0 heterocycles. The van der Waals surface area contributed by atoms with Gasteiger partial charge in [-0.15, -0.1) is 0 Å². The lowest BCUT2D eigenvalue weighted by molar-refractivity contribution is -0.147. The highest BCUT2D eigenvalue weighted by molar-refractivity contribution is 5.91. The second-order valence-corrected chi connectivity index (χ2v) is 8.88. The molecule has 1 atom stereocenters. The van der Waals surface area contributed by atoms with Gasteiger partial charge in [0.1, 0.15) is 19.3 Å². The molecule has 39 heavy (non-hydrogen) atoms. The van der Waals surface area contributed by atoms with Crippen LogP contribution in [0.1, 0.15) is 24.0 Å². The average molecular weight is 523 g/mol. The molecule has 4 rings (SSSR count). The summed E-state index contributed by atoms with van der Waals surface area (Å²) in [6.45, 7) is 0.106. The number of ether oxygens (including phenoxy) is 2. The van der Waals surface area contributed by atoms with Gasteiger partial charge in [-0.2, -0.15) is 0 Å². The zero-order valence-corrected chi connectivity index (χ0v) is 21.4. The summed E-state index contributed by atoms with van der Waals surface area (Å²) < 4.78 is 10.7. The summed E-state index contributed by atoms with van der Waals surface area (Å²) in [5.74, 6) is -0.932. The van der Waals surface area contributed by atoms with E-state index in [9.17, 15) is 14.4 Å². The van der Waals surface area contributed by atoms with Crippen molar-refractivity contribution in [3.63, 3.8) is 0 Å².